The van der Waals surface area contributed by atoms with Crippen LogP contribution in [0.3, 0.4) is 0 Å². The summed E-state index contributed by atoms with van der Waals surface area (Å²) in [6.45, 7) is 0. The van der Waals surface area contributed by atoms with Crippen molar-refractivity contribution in [1.82, 2.24) is 5.32 Å². The highest BCUT2D eigenvalue weighted by Gasteiger charge is 2.21. The number of methoxy groups -OCH3 is 2. The molecule has 0 bridgehead atoms. The van der Waals surface area contributed by atoms with Gasteiger partial charge in [-0.05, 0) is 37.4 Å². The van der Waals surface area contributed by atoms with Crippen LogP contribution in [-0.2, 0) is 0 Å². The minimum absolute atomic E-state index is 0.237. The lowest BCUT2D eigenvalue weighted by Crippen LogP contribution is -2.19. The Hall–Kier alpha value is -1.59. The van der Waals surface area contributed by atoms with Gasteiger partial charge in [-0.25, -0.2) is 4.39 Å². The van der Waals surface area contributed by atoms with Gasteiger partial charge in [0, 0.05) is 15.6 Å². The number of ether oxygens (including phenoxy) is 2. The predicted octanol–water partition coefficient (Wildman–Crippen LogP) is 3.91. The first kappa shape index (κ1) is 15.8. The average Bonchev–Trinajstić information content (AvgIpc) is 2.49. The summed E-state index contributed by atoms with van der Waals surface area (Å²) in [5.74, 6) is 1.04. The number of halogens is 2. The Morgan fingerprint density at radius 3 is 2.33 bits per heavy atom. The van der Waals surface area contributed by atoms with Crippen molar-refractivity contribution in [1.29, 1.82) is 0 Å². The second-order valence-corrected chi connectivity index (χ2v) is 5.41. The van der Waals surface area contributed by atoms with Crippen molar-refractivity contribution in [3.05, 3.63) is 57.8 Å². The molecule has 2 aromatic rings. The van der Waals surface area contributed by atoms with Gasteiger partial charge in [-0.1, -0.05) is 22.0 Å². The molecule has 0 amide bonds. The van der Waals surface area contributed by atoms with Crippen LogP contribution in [0, 0.1) is 5.82 Å². The van der Waals surface area contributed by atoms with E-state index in [0.717, 1.165) is 21.3 Å². The van der Waals surface area contributed by atoms with Crippen LogP contribution in [0.1, 0.15) is 17.2 Å². The molecule has 0 aliphatic heterocycles. The summed E-state index contributed by atoms with van der Waals surface area (Å²) in [7, 11) is 5.00. The van der Waals surface area contributed by atoms with Gasteiger partial charge in [0.1, 0.15) is 17.3 Å². The van der Waals surface area contributed by atoms with Gasteiger partial charge in [-0.3, -0.25) is 0 Å². The molecule has 0 aliphatic rings. The summed E-state index contributed by atoms with van der Waals surface area (Å²) in [6, 6.07) is 9.99. The van der Waals surface area contributed by atoms with Crippen LogP contribution < -0.4 is 14.8 Å². The van der Waals surface area contributed by atoms with E-state index in [1.54, 1.807) is 20.3 Å². The van der Waals surface area contributed by atoms with Gasteiger partial charge in [0.25, 0.3) is 0 Å². The van der Waals surface area contributed by atoms with Gasteiger partial charge in [0.15, 0.2) is 0 Å². The Balaban J connectivity index is 2.57. The van der Waals surface area contributed by atoms with E-state index >= 15 is 0 Å². The molecule has 2 aromatic carbocycles. The van der Waals surface area contributed by atoms with Gasteiger partial charge in [-0.15, -0.1) is 0 Å². The van der Waals surface area contributed by atoms with E-state index in [9.17, 15) is 4.39 Å². The fourth-order valence-electron chi connectivity index (χ4n) is 2.33. The SMILES string of the molecule is CNC(c1ccc(Br)cc1OC)c1cc(F)ccc1OC. The third-order valence-corrected chi connectivity index (χ3v) is 3.79. The highest BCUT2D eigenvalue weighted by molar-refractivity contribution is 9.10. The molecule has 0 heterocycles. The largest absolute Gasteiger partial charge is 0.496 e. The van der Waals surface area contributed by atoms with Crippen molar-refractivity contribution >= 4 is 15.9 Å². The van der Waals surface area contributed by atoms with Gasteiger partial charge >= 0.3 is 0 Å². The predicted molar refractivity (Wildman–Crippen MR) is 84.5 cm³/mol. The fraction of sp³-hybridized carbons (Fsp3) is 0.250. The Bertz CT molecular complexity index is 634. The molecule has 1 N–H and O–H groups in total. The number of benzene rings is 2. The van der Waals surface area contributed by atoms with E-state index in [-0.39, 0.29) is 11.9 Å². The van der Waals surface area contributed by atoms with E-state index in [1.165, 1.54) is 12.1 Å². The third-order valence-electron chi connectivity index (χ3n) is 3.30. The van der Waals surface area contributed by atoms with Crippen LogP contribution >= 0.6 is 15.9 Å². The van der Waals surface area contributed by atoms with Gasteiger partial charge in [-0.2, -0.15) is 0 Å². The second kappa shape index (κ2) is 6.91. The molecule has 2 rings (SSSR count). The quantitative estimate of drug-likeness (QED) is 0.883. The van der Waals surface area contributed by atoms with Crippen molar-refractivity contribution in [2.75, 3.05) is 21.3 Å². The van der Waals surface area contributed by atoms with Gasteiger partial charge in [0.2, 0.25) is 0 Å². The zero-order valence-corrected chi connectivity index (χ0v) is 13.7. The molecule has 0 fully saturated rings. The van der Waals surface area contributed by atoms with Crippen LogP contribution in [0.4, 0.5) is 4.39 Å². The summed E-state index contributed by atoms with van der Waals surface area (Å²) in [5, 5.41) is 3.19. The summed E-state index contributed by atoms with van der Waals surface area (Å²) >= 11 is 3.42. The van der Waals surface area contributed by atoms with E-state index < -0.39 is 0 Å². The fourth-order valence-corrected chi connectivity index (χ4v) is 2.67. The molecule has 3 nitrogen and oxygen atoms in total. The minimum Gasteiger partial charge on any atom is -0.496 e. The van der Waals surface area contributed by atoms with Crippen LogP contribution in [0.5, 0.6) is 11.5 Å². The first-order chi connectivity index (χ1) is 10.1. The third kappa shape index (κ3) is 3.36. The van der Waals surface area contributed by atoms with E-state index in [2.05, 4.69) is 21.2 Å². The van der Waals surface area contributed by atoms with Crippen LogP contribution in [0.15, 0.2) is 40.9 Å². The molecule has 0 radical (unpaired) electrons. The Morgan fingerprint density at radius 1 is 1.00 bits per heavy atom. The van der Waals surface area contributed by atoms with Crippen molar-refractivity contribution in [2.24, 2.45) is 0 Å². The number of hydrogen-bond acceptors (Lipinski definition) is 3. The summed E-state index contributed by atoms with van der Waals surface area (Å²) in [5.41, 5.74) is 1.63. The maximum absolute atomic E-state index is 13.6. The van der Waals surface area contributed by atoms with Crippen molar-refractivity contribution < 1.29 is 13.9 Å². The first-order valence-corrected chi connectivity index (χ1v) is 7.24. The molecule has 21 heavy (non-hydrogen) atoms. The Kier molecular flexibility index (Phi) is 5.20. The van der Waals surface area contributed by atoms with Crippen LogP contribution in [-0.4, -0.2) is 21.3 Å². The van der Waals surface area contributed by atoms with Gasteiger partial charge < -0.3 is 14.8 Å². The maximum Gasteiger partial charge on any atom is 0.125 e. The normalized spacial score (nSPS) is 12.0. The average molecular weight is 354 g/mol. The number of rotatable bonds is 5. The Labute approximate surface area is 132 Å². The maximum atomic E-state index is 13.6. The van der Waals surface area contributed by atoms with Crippen LogP contribution in [0.2, 0.25) is 0 Å². The highest BCUT2D eigenvalue weighted by Crippen LogP contribution is 2.36. The standard InChI is InChI=1S/C16H17BrFNO2/c1-19-16(12-6-4-10(17)8-15(12)21-3)13-9-11(18)5-7-14(13)20-2/h4-9,16,19H,1-3H3. The zero-order chi connectivity index (χ0) is 15.4. The summed E-state index contributed by atoms with van der Waals surface area (Å²) in [4.78, 5) is 0. The molecule has 1 unspecified atom stereocenters. The molecule has 112 valence electrons. The smallest absolute Gasteiger partial charge is 0.125 e. The monoisotopic (exact) mass is 353 g/mol. The molecule has 0 saturated heterocycles. The molecule has 0 aromatic heterocycles. The lowest BCUT2D eigenvalue weighted by Gasteiger charge is -2.22. The lowest BCUT2D eigenvalue weighted by molar-refractivity contribution is 0.394. The molecule has 5 heteroatoms. The molecule has 0 saturated carbocycles. The minimum atomic E-state index is -0.304. The molecular weight excluding hydrogens is 337 g/mol. The van der Waals surface area contributed by atoms with E-state index in [0.29, 0.717) is 5.75 Å². The van der Waals surface area contributed by atoms with Crippen molar-refractivity contribution in [3.8, 4) is 11.5 Å². The van der Waals surface area contributed by atoms with Crippen LogP contribution in [0.25, 0.3) is 0 Å². The highest BCUT2D eigenvalue weighted by atomic mass is 79.9. The number of hydrogen-bond donors (Lipinski definition) is 1. The first-order valence-electron chi connectivity index (χ1n) is 6.44. The molecule has 0 aliphatic carbocycles. The molecular formula is C16H17BrFNO2. The molecule has 0 spiro atoms. The lowest BCUT2D eigenvalue weighted by atomic mass is 9.97. The summed E-state index contributed by atoms with van der Waals surface area (Å²) in [6.07, 6.45) is 0. The van der Waals surface area contributed by atoms with E-state index in [4.69, 9.17) is 9.47 Å². The second-order valence-electron chi connectivity index (χ2n) is 4.49. The molecule has 1 atom stereocenters. The van der Waals surface area contributed by atoms with Crippen molar-refractivity contribution in [2.45, 2.75) is 6.04 Å². The summed E-state index contributed by atoms with van der Waals surface area (Å²) < 4.78 is 25.3. The Morgan fingerprint density at radius 2 is 1.71 bits per heavy atom. The topological polar surface area (TPSA) is 30.5 Å². The van der Waals surface area contributed by atoms with E-state index in [1.807, 2.05) is 25.2 Å². The zero-order valence-electron chi connectivity index (χ0n) is 12.1. The van der Waals surface area contributed by atoms with Crippen molar-refractivity contribution in [3.63, 3.8) is 0 Å². The van der Waals surface area contributed by atoms with Gasteiger partial charge in [0.05, 0.1) is 20.3 Å². The number of nitrogens with one attached hydrogen (secondary N) is 1.